The number of rotatable bonds is 3. The lowest BCUT2D eigenvalue weighted by molar-refractivity contribution is -0.153. The number of ether oxygens (including phenoxy) is 2. The lowest BCUT2D eigenvalue weighted by Gasteiger charge is -2.44. The van der Waals surface area contributed by atoms with Gasteiger partial charge in [0.25, 0.3) is 0 Å². The first kappa shape index (κ1) is 15.8. The van der Waals surface area contributed by atoms with Crippen molar-refractivity contribution in [3.63, 3.8) is 0 Å². The fourth-order valence-electron chi connectivity index (χ4n) is 3.79. The smallest absolute Gasteiger partial charge is 0.166 e. The number of ketones is 1. The molecule has 5 heteroatoms. The number of morpholine rings is 1. The Morgan fingerprint density at radius 2 is 2.14 bits per heavy atom. The maximum absolute atomic E-state index is 12.8. The van der Waals surface area contributed by atoms with Crippen LogP contribution < -0.4 is 0 Å². The van der Waals surface area contributed by atoms with Gasteiger partial charge in [0, 0.05) is 25.6 Å². The van der Waals surface area contributed by atoms with Gasteiger partial charge in [-0.2, -0.15) is 11.8 Å². The Morgan fingerprint density at radius 1 is 1.33 bits per heavy atom. The molecule has 0 aliphatic carbocycles. The number of hydrogen-bond acceptors (Lipinski definition) is 5. The summed E-state index contributed by atoms with van der Waals surface area (Å²) in [5.74, 6) is 2.81. The summed E-state index contributed by atoms with van der Waals surface area (Å²) in [6.45, 7) is 6.31. The van der Waals surface area contributed by atoms with E-state index in [1.54, 1.807) is 0 Å². The average Bonchev–Trinajstić information content (AvgIpc) is 2.55. The van der Waals surface area contributed by atoms with Crippen LogP contribution >= 0.6 is 11.8 Å². The van der Waals surface area contributed by atoms with Crippen LogP contribution in [-0.4, -0.2) is 66.7 Å². The summed E-state index contributed by atoms with van der Waals surface area (Å²) >= 11 is 2.01. The van der Waals surface area contributed by atoms with Crippen molar-refractivity contribution in [1.82, 2.24) is 4.90 Å². The average molecular weight is 313 g/mol. The fourth-order valence-corrected chi connectivity index (χ4v) is 5.02. The zero-order valence-corrected chi connectivity index (χ0v) is 13.8. The van der Waals surface area contributed by atoms with Crippen molar-refractivity contribution in [2.75, 3.05) is 44.4 Å². The van der Waals surface area contributed by atoms with E-state index < -0.39 is 0 Å². The Balaban J connectivity index is 1.61. The highest BCUT2D eigenvalue weighted by molar-refractivity contribution is 7.99. The molecular weight excluding hydrogens is 286 g/mol. The molecule has 0 amide bonds. The largest absolute Gasteiger partial charge is 0.375 e. The van der Waals surface area contributed by atoms with Crippen LogP contribution in [0.2, 0.25) is 0 Å². The highest BCUT2D eigenvalue weighted by atomic mass is 32.2. The minimum Gasteiger partial charge on any atom is -0.375 e. The number of hydrogen-bond donors (Lipinski definition) is 0. The third-order valence-electron chi connectivity index (χ3n) is 5.21. The molecule has 120 valence electrons. The Kier molecular flexibility index (Phi) is 5.25. The van der Waals surface area contributed by atoms with Crippen molar-refractivity contribution in [2.45, 2.75) is 44.3 Å². The van der Waals surface area contributed by atoms with E-state index in [9.17, 15) is 4.79 Å². The van der Waals surface area contributed by atoms with E-state index in [4.69, 9.17) is 9.47 Å². The molecule has 3 saturated heterocycles. The normalized spacial score (nSPS) is 34.0. The van der Waals surface area contributed by atoms with Gasteiger partial charge >= 0.3 is 0 Å². The highest BCUT2D eigenvalue weighted by Crippen LogP contribution is 2.40. The number of nitrogens with zero attached hydrogens (tertiary/aromatic N) is 1. The van der Waals surface area contributed by atoms with Gasteiger partial charge in [-0.1, -0.05) is 6.92 Å². The Labute approximate surface area is 131 Å². The van der Waals surface area contributed by atoms with Crippen molar-refractivity contribution in [3.8, 4) is 0 Å². The molecule has 0 aromatic heterocycles. The zero-order chi connectivity index (χ0) is 14.7. The minimum absolute atomic E-state index is 0.0110. The zero-order valence-electron chi connectivity index (χ0n) is 13.0. The molecule has 2 atom stereocenters. The van der Waals surface area contributed by atoms with Gasteiger partial charge in [0.05, 0.1) is 12.2 Å². The SMILES string of the molecule is CCN1CCOC(C(=O)C2CCOC3(CCSCC3)C2)C1. The first-order valence-electron chi connectivity index (χ1n) is 8.32. The second kappa shape index (κ2) is 6.99. The molecule has 3 aliphatic rings. The van der Waals surface area contributed by atoms with Crippen LogP contribution in [0.15, 0.2) is 0 Å². The lowest BCUT2D eigenvalue weighted by atomic mass is 9.79. The topological polar surface area (TPSA) is 38.8 Å². The second-order valence-corrected chi connectivity index (χ2v) is 7.71. The van der Waals surface area contributed by atoms with Crippen LogP contribution in [0.3, 0.4) is 0 Å². The molecule has 0 N–H and O–H groups in total. The minimum atomic E-state index is -0.211. The Bertz CT molecular complexity index is 365. The molecule has 21 heavy (non-hydrogen) atoms. The van der Waals surface area contributed by atoms with Gasteiger partial charge in [0.2, 0.25) is 0 Å². The second-order valence-electron chi connectivity index (χ2n) is 6.49. The molecule has 3 aliphatic heterocycles. The summed E-state index contributed by atoms with van der Waals surface area (Å²) in [6, 6.07) is 0. The molecule has 1 spiro atoms. The summed E-state index contributed by atoms with van der Waals surface area (Å²) < 4.78 is 11.9. The van der Waals surface area contributed by atoms with E-state index in [0.717, 1.165) is 51.9 Å². The van der Waals surface area contributed by atoms with Crippen molar-refractivity contribution in [1.29, 1.82) is 0 Å². The highest BCUT2D eigenvalue weighted by Gasteiger charge is 2.43. The molecule has 2 unspecified atom stereocenters. The van der Waals surface area contributed by atoms with Gasteiger partial charge in [-0.05, 0) is 43.7 Å². The van der Waals surface area contributed by atoms with Gasteiger partial charge < -0.3 is 9.47 Å². The van der Waals surface area contributed by atoms with Gasteiger partial charge in [0.1, 0.15) is 6.10 Å². The molecule has 0 aromatic carbocycles. The first-order valence-corrected chi connectivity index (χ1v) is 9.47. The van der Waals surface area contributed by atoms with Crippen LogP contribution in [0.25, 0.3) is 0 Å². The number of carbonyl (C=O) groups excluding carboxylic acids is 1. The number of carbonyl (C=O) groups is 1. The third kappa shape index (κ3) is 3.63. The van der Waals surface area contributed by atoms with E-state index in [1.807, 2.05) is 11.8 Å². The Morgan fingerprint density at radius 3 is 2.90 bits per heavy atom. The van der Waals surface area contributed by atoms with Gasteiger partial charge in [0.15, 0.2) is 5.78 Å². The predicted octanol–water partition coefficient (Wildman–Crippen LogP) is 1.97. The summed E-state index contributed by atoms with van der Waals surface area (Å²) in [7, 11) is 0. The van der Waals surface area contributed by atoms with E-state index in [1.165, 1.54) is 11.5 Å². The third-order valence-corrected chi connectivity index (χ3v) is 6.20. The van der Waals surface area contributed by atoms with E-state index in [0.29, 0.717) is 12.4 Å². The summed E-state index contributed by atoms with van der Waals surface area (Å²) in [4.78, 5) is 15.1. The van der Waals surface area contributed by atoms with Crippen LogP contribution in [0.5, 0.6) is 0 Å². The van der Waals surface area contributed by atoms with Crippen LogP contribution in [-0.2, 0) is 14.3 Å². The Hall–Kier alpha value is -0.100. The van der Waals surface area contributed by atoms with Gasteiger partial charge in [-0.3, -0.25) is 9.69 Å². The summed E-state index contributed by atoms with van der Waals surface area (Å²) in [5.41, 5.74) is -0.0110. The molecule has 3 rings (SSSR count). The number of Topliss-reactive ketones (excluding diaryl/α,β-unsaturated/α-hetero) is 1. The molecule has 0 aromatic rings. The van der Waals surface area contributed by atoms with Crippen molar-refractivity contribution >= 4 is 17.5 Å². The predicted molar refractivity (Wildman–Crippen MR) is 84.8 cm³/mol. The summed E-state index contributed by atoms with van der Waals surface area (Å²) in [5, 5.41) is 0. The molecule has 3 fully saturated rings. The van der Waals surface area contributed by atoms with Crippen molar-refractivity contribution in [3.05, 3.63) is 0 Å². The van der Waals surface area contributed by atoms with E-state index in [-0.39, 0.29) is 17.6 Å². The quantitative estimate of drug-likeness (QED) is 0.796. The summed E-state index contributed by atoms with van der Waals surface area (Å²) in [6.07, 6.45) is 3.79. The molecular formula is C16H27NO3S. The lowest BCUT2D eigenvalue weighted by Crippen LogP contribution is -2.51. The van der Waals surface area contributed by atoms with E-state index >= 15 is 0 Å². The number of likely N-dealkylation sites (N-methyl/N-ethyl adjacent to an activating group) is 1. The standard InChI is InChI=1S/C16H27NO3S/c1-2-17-6-8-19-14(12-17)15(18)13-3-7-20-16(11-13)4-9-21-10-5-16/h13-14H,2-12H2,1H3. The van der Waals surface area contributed by atoms with Crippen LogP contribution in [0.4, 0.5) is 0 Å². The van der Waals surface area contributed by atoms with Crippen molar-refractivity contribution in [2.24, 2.45) is 5.92 Å². The van der Waals surface area contributed by atoms with Crippen molar-refractivity contribution < 1.29 is 14.3 Å². The monoisotopic (exact) mass is 313 g/mol. The first-order chi connectivity index (χ1) is 10.2. The van der Waals surface area contributed by atoms with Crippen LogP contribution in [0.1, 0.15) is 32.6 Å². The number of thioether (sulfide) groups is 1. The van der Waals surface area contributed by atoms with Gasteiger partial charge in [-0.15, -0.1) is 0 Å². The van der Waals surface area contributed by atoms with E-state index in [2.05, 4.69) is 11.8 Å². The molecule has 4 nitrogen and oxygen atoms in total. The molecule has 0 saturated carbocycles. The molecule has 3 heterocycles. The fraction of sp³-hybridized carbons (Fsp3) is 0.938. The molecule has 0 bridgehead atoms. The maximum atomic E-state index is 12.8. The maximum Gasteiger partial charge on any atom is 0.166 e. The van der Waals surface area contributed by atoms with Gasteiger partial charge in [-0.25, -0.2) is 0 Å². The van der Waals surface area contributed by atoms with Crippen LogP contribution in [0, 0.1) is 5.92 Å². The molecule has 0 radical (unpaired) electrons.